The van der Waals surface area contributed by atoms with Crippen LogP contribution in [0.4, 0.5) is 0 Å². The molecule has 0 aromatic heterocycles. The first kappa shape index (κ1) is 11.9. The molecule has 3 heteroatoms. The van der Waals surface area contributed by atoms with Gasteiger partial charge in [0.05, 0.1) is 19.3 Å². The van der Waals surface area contributed by atoms with E-state index in [1.807, 2.05) is 0 Å². The van der Waals surface area contributed by atoms with Crippen LogP contribution < -0.4 is 0 Å². The molecule has 2 aliphatic carbocycles. The standard InChI is InChI=1S/C14H25NO2/c16-12-3-6-14(4-1-2-5-14)13(11-12)15-7-9-17-10-8-15/h12-13,16H,1-11H2. The molecular weight excluding hydrogens is 214 g/mol. The third-order valence-corrected chi connectivity index (χ3v) is 5.26. The highest BCUT2D eigenvalue weighted by Crippen LogP contribution is 2.51. The summed E-state index contributed by atoms with van der Waals surface area (Å²) in [6, 6.07) is 0.623. The van der Waals surface area contributed by atoms with Gasteiger partial charge in [0, 0.05) is 19.1 Å². The lowest BCUT2D eigenvalue weighted by atomic mass is 9.67. The van der Waals surface area contributed by atoms with Crippen LogP contribution in [0.1, 0.15) is 44.9 Å². The molecule has 1 N–H and O–H groups in total. The van der Waals surface area contributed by atoms with Crippen molar-refractivity contribution in [1.82, 2.24) is 4.90 Å². The van der Waals surface area contributed by atoms with E-state index in [-0.39, 0.29) is 6.10 Å². The molecule has 2 atom stereocenters. The number of hydrogen-bond donors (Lipinski definition) is 1. The topological polar surface area (TPSA) is 32.7 Å². The van der Waals surface area contributed by atoms with Crippen LogP contribution in [-0.2, 0) is 4.74 Å². The molecule has 0 aromatic rings. The third kappa shape index (κ3) is 2.25. The molecule has 0 bridgehead atoms. The first-order chi connectivity index (χ1) is 8.30. The van der Waals surface area contributed by atoms with Crippen molar-refractivity contribution in [2.45, 2.75) is 57.1 Å². The van der Waals surface area contributed by atoms with Gasteiger partial charge in [-0.25, -0.2) is 0 Å². The quantitative estimate of drug-likeness (QED) is 0.757. The molecule has 0 aromatic carbocycles. The van der Waals surface area contributed by atoms with Crippen LogP contribution in [-0.4, -0.2) is 48.5 Å². The number of hydrogen-bond acceptors (Lipinski definition) is 3. The second-order valence-corrected chi connectivity index (χ2v) is 6.16. The zero-order valence-electron chi connectivity index (χ0n) is 10.7. The first-order valence-corrected chi connectivity index (χ1v) is 7.30. The SMILES string of the molecule is OC1CCC2(CCCC2)C(N2CCOCC2)C1. The van der Waals surface area contributed by atoms with Crippen LogP contribution in [0.25, 0.3) is 0 Å². The fraction of sp³-hybridized carbons (Fsp3) is 1.00. The summed E-state index contributed by atoms with van der Waals surface area (Å²) >= 11 is 0. The van der Waals surface area contributed by atoms with E-state index in [9.17, 15) is 5.11 Å². The molecule has 1 saturated heterocycles. The van der Waals surface area contributed by atoms with E-state index in [0.29, 0.717) is 11.5 Å². The van der Waals surface area contributed by atoms with Crippen LogP contribution in [0.15, 0.2) is 0 Å². The van der Waals surface area contributed by atoms with E-state index in [2.05, 4.69) is 4.90 Å². The molecule has 17 heavy (non-hydrogen) atoms. The van der Waals surface area contributed by atoms with Crippen LogP contribution >= 0.6 is 0 Å². The number of aliphatic hydroxyl groups excluding tert-OH is 1. The lowest BCUT2D eigenvalue weighted by Gasteiger charge is -2.49. The maximum absolute atomic E-state index is 10.00. The molecule has 3 rings (SSSR count). The fourth-order valence-corrected chi connectivity index (χ4v) is 4.33. The van der Waals surface area contributed by atoms with Crippen LogP contribution in [0.3, 0.4) is 0 Å². The summed E-state index contributed by atoms with van der Waals surface area (Å²) in [5.74, 6) is 0. The van der Waals surface area contributed by atoms with Crippen molar-refractivity contribution in [3.63, 3.8) is 0 Å². The molecule has 0 amide bonds. The molecule has 3 aliphatic rings. The largest absolute Gasteiger partial charge is 0.393 e. The number of ether oxygens (including phenoxy) is 1. The van der Waals surface area contributed by atoms with Gasteiger partial charge in [-0.15, -0.1) is 0 Å². The monoisotopic (exact) mass is 239 g/mol. The average Bonchev–Trinajstić information content (AvgIpc) is 2.83. The van der Waals surface area contributed by atoms with Crippen LogP contribution in [0.2, 0.25) is 0 Å². The summed E-state index contributed by atoms with van der Waals surface area (Å²) in [7, 11) is 0. The minimum Gasteiger partial charge on any atom is -0.393 e. The Kier molecular flexibility index (Phi) is 3.42. The molecular formula is C14H25NO2. The van der Waals surface area contributed by atoms with Gasteiger partial charge in [0.2, 0.25) is 0 Å². The summed E-state index contributed by atoms with van der Waals surface area (Å²) in [6.45, 7) is 3.89. The summed E-state index contributed by atoms with van der Waals surface area (Å²) in [6.07, 6.45) is 8.79. The van der Waals surface area contributed by atoms with Crippen LogP contribution in [0, 0.1) is 5.41 Å². The predicted octanol–water partition coefficient (Wildman–Crippen LogP) is 1.79. The van der Waals surface area contributed by atoms with Gasteiger partial charge < -0.3 is 9.84 Å². The summed E-state index contributed by atoms with van der Waals surface area (Å²) < 4.78 is 5.46. The van der Waals surface area contributed by atoms with E-state index in [1.165, 1.54) is 32.1 Å². The average molecular weight is 239 g/mol. The Morgan fingerprint density at radius 2 is 1.76 bits per heavy atom. The Balaban J connectivity index is 1.76. The Hall–Kier alpha value is -0.120. The summed E-state index contributed by atoms with van der Waals surface area (Å²) in [5.41, 5.74) is 0.538. The van der Waals surface area contributed by atoms with Crippen molar-refractivity contribution in [1.29, 1.82) is 0 Å². The van der Waals surface area contributed by atoms with Crippen molar-refractivity contribution in [3.05, 3.63) is 0 Å². The van der Waals surface area contributed by atoms with Gasteiger partial charge in [-0.05, 0) is 37.5 Å². The van der Waals surface area contributed by atoms with E-state index in [1.54, 1.807) is 0 Å². The zero-order valence-corrected chi connectivity index (χ0v) is 10.7. The van der Waals surface area contributed by atoms with Crippen molar-refractivity contribution >= 4 is 0 Å². The maximum Gasteiger partial charge on any atom is 0.0594 e. The second kappa shape index (κ2) is 4.87. The van der Waals surface area contributed by atoms with Gasteiger partial charge in [0.25, 0.3) is 0 Å². The number of nitrogens with zero attached hydrogens (tertiary/aromatic N) is 1. The van der Waals surface area contributed by atoms with Crippen molar-refractivity contribution in [3.8, 4) is 0 Å². The van der Waals surface area contributed by atoms with Gasteiger partial charge >= 0.3 is 0 Å². The lowest BCUT2D eigenvalue weighted by Crippen LogP contribution is -2.54. The predicted molar refractivity (Wildman–Crippen MR) is 66.9 cm³/mol. The molecule has 3 fully saturated rings. The number of rotatable bonds is 1. The zero-order chi connectivity index (χ0) is 11.7. The van der Waals surface area contributed by atoms with Gasteiger partial charge in [-0.2, -0.15) is 0 Å². The minimum atomic E-state index is -0.0610. The number of aliphatic hydroxyl groups is 1. The maximum atomic E-state index is 10.00. The molecule has 2 unspecified atom stereocenters. The molecule has 3 nitrogen and oxygen atoms in total. The Bertz CT molecular complexity index is 257. The third-order valence-electron chi connectivity index (χ3n) is 5.26. The minimum absolute atomic E-state index is 0.0610. The summed E-state index contributed by atoms with van der Waals surface area (Å²) in [5, 5.41) is 10.00. The van der Waals surface area contributed by atoms with E-state index in [4.69, 9.17) is 4.74 Å². The molecule has 1 aliphatic heterocycles. The normalized spacial score (nSPS) is 38.6. The molecule has 1 spiro atoms. The highest BCUT2D eigenvalue weighted by Gasteiger charge is 2.47. The Morgan fingerprint density at radius 1 is 1.06 bits per heavy atom. The summed E-state index contributed by atoms with van der Waals surface area (Å²) in [4.78, 5) is 2.61. The molecule has 1 heterocycles. The molecule has 98 valence electrons. The Morgan fingerprint density at radius 3 is 2.47 bits per heavy atom. The van der Waals surface area contributed by atoms with Gasteiger partial charge in [-0.1, -0.05) is 12.8 Å². The van der Waals surface area contributed by atoms with Crippen molar-refractivity contribution < 1.29 is 9.84 Å². The van der Waals surface area contributed by atoms with Crippen molar-refractivity contribution in [2.24, 2.45) is 5.41 Å². The molecule has 2 saturated carbocycles. The lowest BCUT2D eigenvalue weighted by molar-refractivity contribution is -0.0643. The highest BCUT2D eigenvalue weighted by molar-refractivity contribution is 5.00. The van der Waals surface area contributed by atoms with E-state index in [0.717, 1.165) is 39.1 Å². The second-order valence-electron chi connectivity index (χ2n) is 6.16. The van der Waals surface area contributed by atoms with E-state index < -0.39 is 0 Å². The highest BCUT2D eigenvalue weighted by atomic mass is 16.5. The van der Waals surface area contributed by atoms with Gasteiger partial charge in [-0.3, -0.25) is 4.90 Å². The van der Waals surface area contributed by atoms with Gasteiger partial charge in [0.1, 0.15) is 0 Å². The van der Waals surface area contributed by atoms with Gasteiger partial charge in [0.15, 0.2) is 0 Å². The molecule has 0 radical (unpaired) electrons. The first-order valence-electron chi connectivity index (χ1n) is 7.30. The smallest absolute Gasteiger partial charge is 0.0594 e. The van der Waals surface area contributed by atoms with Crippen LogP contribution in [0.5, 0.6) is 0 Å². The Labute approximate surface area is 104 Å². The fourth-order valence-electron chi connectivity index (χ4n) is 4.33. The van der Waals surface area contributed by atoms with E-state index >= 15 is 0 Å². The van der Waals surface area contributed by atoms with Crippen molar-refractivity contribution in [2.75, 3.05) is 26.3 Å². The number of morpholine rings is 1.